The molecule has 0 aromatic heterocycles. The second-order valence-corrected chi connectivity index (χ2v) is 5.88. The van der Waals surface area contributed by atoms with E-state index in [1.165, 1.54) is 0 Å². The first-order valence-corrected chi connectivity index (χ1v) is 7.49. The fourth-order valence-corrected chi connectivity index (χ4v) is 3.14. The van der Waals surface area contributed by atoms with Crippen molar-refractivity contribution >= 4 is 6.09 Å². The SMILES string of the molecule is CN1C2COCC1CC(NC(=O)OCc1ccccc1)C2. The number of ether oxygens (including phenoxy) is 2. The van der Waals surface area contributed by atoms with Crippen LogP contribution in [0, 0.1) is 0 Å². The smallest absolute Gasteiger partial charge is 0.407 e. The van der Waals surface area contributed by atoms with Crippen molar-refractivity contribution in [2.24, 2.45) is 0 Å². The average molecular weight is 290 g/mol. The molecule has 2 saturated heterocycles. The molecule has 1 aromatic rings. The number of rotatable bonds is 3. The van der Waals surface area contributed by atoms with Crippen LogP contribution in [0.1, 0.15) is 18.4 Å². The van der Waals surface area contributed by atoms with E-state index in [1.807, 2.05) is 30.3 Å². The van der Waals surface area contributed by atoms with Gasteiger partial charge >= 0.3 is 6.09 Å². The van der Waals surface area contributed by atoms with Crippen molar-refractivity contribution in [1.29, 1.82) is 0 Å². The highest BCUT2D eigenvalue weighted by molar-refractivity contribution is 5.67. The number of amides is 1. The van der Waals surface area contributed by atoms with Gasteiger partial charge in [-0.1, -0.05) is 30.3 Å². The Morgan fingerprint density at radius 3 is 2.62 bits per heavy atom. The number of hydrogen-bond acceptors (Lipinski definition) is 4. The summed E-state index contributed by atoms with van der Waals surface area (Å²) in [5, 5.41) is 2.99. The molecule has 2 fully saturated rings. The number of fused-ring (bicyclic) bond motifs is 2. The van der Waals surface area contributed by atoms with Gasteiger partial charge in [0.15, 0.2) is 0 Å². The van der Waals surface area contributed by atoms with Crippen LogP contribution in [0.5, 0.6) is 0 Å². The van der Waals surface area contributed by atoms with E-state index in [1.54, 1.807) is 0 Å². The second kappa shape index (κ2) is 6.45. The number of carbonyl (C=O) groups is 1. The van der Waals surface area contributed by atoms with Crippen molar-refractivity contribution in [2.45, 2.75) is 37.6 Å². The van der Waals surface area contributed by atoms with Crippen LogP contribution < -0.4 is 5.32 Å². The predicted molar refractivity (Wildman–Crippen MR) is 78.9 cm³/mol. The van der Waals surface area contributed by atoms with Crippen molar-refractivity contribution in [3.63, 3.8) is 0 Å². The molecule has 114 valence electrons. The Kier molecular flexibility index (Phi) is 4.41. The molecule has 0 aliphatic carbocycles. The van der Waals surface area contributed by atoms with Crippen LogP contribution >= 0.6 is 0 Å². The zero-order valence-corrected chi connectivity index (χ0v) is 12.3. The van der Waals surface area contributed by atoms with Gasteiger partial charge in [-0.3, -0.25) is 4.90 Å². The summed E-state index contributed by atoms with van der Waals surface area (Å²) in [4.78, 5) is 14.3. The summed E-state index contributed by atoms with van der Waals surface area (Å²) in [6, 6.07) is 10.7. The number of hydrogen-bond donors (Lipinski definition) is 1. The van der Waals surface area contributed by atoms with Gasteiger partial charge in [0.2, 0.25) is 0 Å². The van der Waals surface area contributed by atoms with E-state index in [-0.39, 0.29) is 12.1 Å². The van der Waals surface area contributed by atoms with Gasteiger partial charge in [-0.05, 0) is 25.5 Å². The first kappa shape index (κ1) is 14.4. The molecule has 2 atom stereocenters. The van der Waals surface area contributed by atoms with Crippen LogP contribution in [-0.4, -0.2) is 49.4 Å². The summed E-state index contributed by atoms with van der Waals surface area (Å²) in [6.07, 6.45) is 1.52. The van der Waals surface area contributed by atoms with Crippen LogP contribution in [0.4, 0.5) is 4.79 Å². The van der Waals surface area contributed by atoms with E-state index in [4.69, 9.17) is 9.47 Å². The number of alkyl carbamates (subject to hydrolysis) is 1. The Labute approximate surface area is 125 Å². The summed E-state index contributed by atoms with van der Waals surface area (Å²) in [7, 11) is 2.14. The standard InChI is InChI=1S/C16H22N2O3/c1-18-14-7-13(8-15(18)11-20-10-14)17-16(19)21-9-12-5-3-2-4-6-12/h2-6,13-15H,7-11H2,1H3,(H,17,19). The van der Waals surface area contributed by atoms with Gasteiger partial charge in [-0.15, -0.1) is 0 Å². The summed E-state index contributed by atoms with van der Waals surface area (Å²) in [6.45, 7) is 1.82. The molecule has 2 heterocycles. The Hall–Kier alpha value is -1.59. The van der Waals surface area contributed by atoms with E-state index in [2.05, 4.69) is 17.3 Å². The van der Waals surface area contributed by atoms with Gasteiger partial charge in [0.1, 0.15) is 6.61 Å². The molecule has 1 N–H and O–H groups in total. The number of morpholine rings is 1. The maximum absolute atomic E-state index is 11.9. The van der Waals surface area contributed by atoms with E-state index in [0.29, 0.717) is 18.7 Å². The largest absolute Gasteiger partial charge is 0.445 e. The molecule has 2 unspecified atom stereocenters. The normalized spacial score (nSPS) is 28.9. The third kappa shape index (κ3) is 3.54. The second-order valence-electron chi connectivity index (χ2n) is 5.88. The lowest BCUT2D eigenvalue weighted by Crippen LogP contribution is -2.59. The monoisotopic (exact) mass is 290 g/mol. The first-order valence-electron chi connectivity index (χ1n) is 7.49. The molecule has 2 aliphatic rings. The number of carbonyl (C=O) groups excluding carboxylic acids is 1. The number of nitrogens with one attached hydrogen (secondary N) is 1. The summed E-state index contributed by atoms with van der Waals surface area (Å²) in [5.41, 5.74) is 1.00. The average Bonchev–Trinajstić information content (AvgIpc) is 2.47. The summed E-state index contributed by atoms with van der Waals surface area (Å²) >= 11 is 0. The Balaban J connectivity index is 1.47. The lowest BCUT2D eigenvalue weighted by atomic mass is 9.91. The number of benzene rings is 1. The zero-order valence-electron chi connectivity index (χ0n) is 12.3. The summed E-state index contributed by atoms with van der Waals surface area (Å²) < 4.78 is 10.9. The van der Waals surface area contributed by atoms with Gasteiger partial charge < -0.3 is 14.8 Å². The number of piperidine rings is 1. The van der Waals surface area contributed by atoms with Crippen LogP contribution in [0.3, 0.4) is 0 Å². The molecule has 21 heavy (non-hydrogen) atoms. The number of nitrogens with zero attached hydrogens (tertiary/aromatic N) is 1. The minimum atomic E-state index is -0.326. The van der Waals surface area contributed by atoms with Crippen LogP contribution in [-0.2, 0) is 16.1 Å². The minimum Gasteiger partial charge on any atom is -0.445 e. The molecular weight excluding hydrogens is 268 g/mol. The Morgan fingerprint density at radius 1 is 1.29 bits per heavy atom. The van der Waals surface area contributed by atoms with Crippen molar-refractivity contribution < 1.29 is 14.3 Å². The van der Waals surface area contributed by atoms with Gasteiger partial charge in [0, 0.05) is 18.1 Å². The predicted octanol–water partition coefficient (Wildman–Crippen LogP) is 1.77. The molecule has 3 rings (SSSR count). The highest BCUT2D eigenvalue weighted by Crippen LogP contribution is 2.26. The molecule has 0 radical (unpaired) electrons. The molecule has 2 aliphatic heterocycles. The maximum Gasteiger partial charge on any atom is 0.407 e. The first-order chi connectivity index (χ1) is 10.2. The van der Waals surface area contributed by atoms with E-state index in [9.17, 15) is 4.79 Å². The van der Waals surface area contributed by atoms with E-state index in [0.717, 1.165) is 31.6 Å². The van der Waals surface area contributed by atoms with Crippen LogP contribution in [0.25, 0.3) is 0 Å². The van der Waals surface area contributed by atoms with Gasteiger partial charge in [-0.25, -0.2) is 4.79 Å². The summed E-state index contributed by atoms with van der Waals surface area (Å²) in [5.74, 6) is 0. The van der Waals surface area contributed by atoms with Crippen molar-refractivity contribution in [3.8, 4) is 0 Å². The third-order valence-corrected chi connectivity index (χ3v) is 4.42. The Morgan fingerprint density at radius 2 is 1.95 bits per heavy atom. The maximum atomic E-state index is 11.9. The lowest BCUT2D eigenvalue weighted by Gasteiger charge is -2.46. The molecule has 2 bridgehead atoms. The van der Waals surface area contributed by atoms with Crippen LogP contribution in [0.15, 0.2) is 30.3 Å². The molecule has 5 heteroatoms. The molecule has 0 spiro atoms. The van der Waals surface area contributed by atoms with Crippen molar-refractivity contribution in [1.82, 2.24) is 10.2 Å². The zero-order chi connectivity index (χ0) is 14.7. The molecule has 5 nitrogen and oxygen atoms in total. The van der Waals surface area contributed by atoms with E-state index >= 15 is 0 Å². The molecule has 1 amide bonds. The van der Waals surface area contributed by atoms with Crippen molar-refractivity contribution in [3.05, 3.63) is 35.9 Å². The minimum absolute atomic E-state index is 0.184. The fourth-order valence-electron chi connectivity index (χ4n) is 3.14. The highest BCUT2D eigenvalue weighted by atomic mass is 16.5. The Bertz CT molecular complexity index is 466. The van der Waals surface area contributed by atoms with Gasteiger partial charge in [0.25, 0.3) is 0 Å². The quantitative estimate of drug-likeness (QED) is 0.922. The van der Waals surface area contributed by atoms with Crippen molar-refractivity contribution in [2.75, 3.05) is 20.3 Å². The molecule has 1 aromatic carbocycles. The lowest BCUT2D eigenvalue weighted by molar-refractivity contribution is -0.0675. The highest BCUT2D eigenvalue weighted by Gasteiger charge is 2.37. The fraction of sp³-hybridized carbons (Fsp3) is 0.562. The molecular formula is C16H22N2O3. The number of likely N-dealkylation sites (N-methyl/N-ethyl adjacent to an activating group) is 1. The third-order valence-electron chi connectivity index (χ3n) is 4.42. The van der Waals surface area contributed by atoms with E-state index < -0.39 is 0 Å². The topological polar surface area (TPSA) is 50.8 Å². The van der Waals surface area contributed by atoms with Gasteiger partial charge in [0.05, 0.1) is 13.2 Å². The van der Waals surface area contributed by atoms with Crippen LogP contribution in [0.2, 0.25) is 0 Å². The van der Waals surface area contributed by atoms with Gasteiger partial charge in [-0.2, -0.15) is 0 Å². The molecule has 0 saturated carbocycles.